The molecule has 5 nitrogen and oxygen atoms in total. The Kier molecular flexibility index (Phi) is 5.37. The quantitative estimate of drug-likeness (QED) is 0.586. The Hall–Kier alpha value is -2.19. The lowest BCUT2D eigenvalue weighted by atomic mass is 9.99. The van der Waals surface area contributed by atoms with Crippen LogP contribution in [0.4, 0.5) is 0 Å². The number of aryl methyl sites for hydroxylation is 1. The Labute approximate surface area is 191 Å². The minimum atomic E-state index is 0.123. The number of nitrogens with zero attached hydrogens (tertiary/aromatic N) is 4. The fourth-order valence-electron chi connectivity index (χ4n) is 4.56. The summed E-state index contributed by atoms with van der Waals surface area (Å²) in [5, 5.41) is 0. The van der Waals surface area contributed by atoms with Crippen molar-refractivity contribution < 1.29 is 4.79 Å². The molecule has 3 heterocycles. The summed E-state index contributed by atoms with van der Waals surface area (Å²) in [4.78, 5) is 24.9. The molecule has 0 atom stereocenters. The second-order valence-corrected chi connectivity index (χ2v) is 9.41. The van der Waals surface area contributed by atoms with E-state index in [1.54, 1.807) is 0 Å². The lowest BCUT2D eigenvalue weighted by molar-refractivity contribution is -0.125. The van der Waals surface area contributed by atoms with E-state index in [-0.39, 0.29) is 5.91 Å². The lowest BCUT2D eigenvalue weighted by Crippen LogP contribution is -2.53. The molecule has 0 aliphatic carbocycles. The van der Waals surface area contributed by atoms with Gasteiger partial charge in [-0.05, 0) is 58.3 Å². The smallest absolute Gasteiger partial charge is 0.259 e. The molecule has 0 spiro atoms. The molecule has 1 amide bonds. The highest BCUT2D eigenvalue weighted by atomic mass is 127. The van der Waals surface area contributed by atoms with Gasteiger partial charge >= 0.3 is 0 Å². The van der Waals surface area contributed by atoms with E-state index in [2.05, 4.69) is 75.7 Å². The molecule has 0 fully saturated rings. The first-order valence-electron chi connectivity index (χ1n) is 10.5. The summed E-state index contributed by atoms with van der Waals surface area (Å²) in [7, 11) is 0. The summed E-state index contributed by atoms with van der Waals surface area (Å²) in [6.07, 6.45) is 0.905. The molecule has 6 heteroatoms. The molecule has 5 rings (SSSR count). The van der Waals surface area contributed by atoms with Crippen molar-refractivity contribution in [3.63, 3.8) is 0 Å². The number of aliphatic imine (C=N–C) groups is 1. The van der Waals surface area contributed by atoms with Gasteiger partial charge in [0.2, 0.25) is 5.96 Å². The van der Waals surface area contributed by atoms with Gasteiger partial charge in [0.05, 0.1) is 18.7 Å². The van der Waals surface area contributed by atoms with Gasteiger partial charge in [-0.15, -0.1) is 0 Å². The molecular weight excluding hydrogens is 487 g/mol. The summed E-state index contributed by atoms with van der Waals surface area (Å²) in [5.74, 6) is 0.963. The fraction of sp³-hybridized carbons (Fsp3) is 0.333. The molecule has 0 saturated carbocycles. The van der Waals surface area contributed by atoms with E-state index in [1.165, 1.54) is 26.0 Å². The Morgan fingerprint density at radius 3 is 2.63 bits per heavy atom. The number of carbonyl (C=O) groups is 1. The van der Waals surface area contributed by atoms with Gasteiger partial charge in [0.15, 0.2) is 0 Å². The van der Waals surface area contributed by atoms with Crippen molar-refractivity contribution in [3.05, 3.63) is 80.1 Å². The van der Waals surface area contributed by atoms with E-state index in [0.717, 1.165) is 44.1 Å². The first-order valence-corrected chi connectivity index (χ1v) is 11.6. The van der Waals surface area contributed by atoms with Crippen LogP contribution in [0.3, 0.4) is 0 Å². The van der Waals surface area contributed by atoms with Gasteiger partial charge in [0, 0.05) is 41.9 Å². The van der Waals surface area contributed by atoms with Gasteiger partial charge in [0.25, 0.3) is 5.91 Å². The molecule has 0 radical (unpaired) electrons. The molecular formula is C24H25IN4O. The molecule has 0 bridgehead atoms. The number of amides is 1. The second-order valence-electron chi connectivity index (χ2n) is 8.16. The van der Waals surface area contributed by atoms with Crippen LogP contribution in [0.1, 0.15) is 23.1 Å². The minimum Gasteiger partial charge on any atom is -0.314 e. The summed E-state index contributed by atoms with van der Waals surface area (Å²) in [5.41, 5.74) is 5.82. The standard InChI is InChI=1S/C24H25IN4O/c1-17-4-2-3-5-19(17)15-29-23(30)21-16-27(14-18-6-8-20(25)9-7-18)12-10-22(21)28-13-11-26-24(28)29/h2-9H,10-16H2,1H3. The van der Waals surface area contributed by atoms with Gasteiger partial charge in [-0.1, -0.05) is 36.4 Å². The van der Waals surface area contributed by atoms with E-state index < -0.39 is 0 Å². The van der Waals surface area contributed by atoms with Gasteiger partial charge < -0.3 is 4.90 Å². The SMILES string of the molecule is Cc1ccccc1CN1C(=O)C2=C(CCN(Cc3ccc(I)cc3)C2)N2CCN=C12. The van der Waals surface area contributed by atoms with Gasteiger partial charge in [-0.25, -0.2) is 0 Å². The van der Waals surface area contributed by atoms with Crippen LogP contribution in [0, 0.1) is 10.5 Å². The van der Waals surface area contributed by atoms with E-state index in [1.807, 2.05) is 17.0 Å². The molecule has 2 aromatic rings. The summed E-state index contributed by atoms with van der Waals surface area (Å²) in [6.45, 7) is 6.87. The average molecular weight is 512 g/mol. The second kappa shape index (κ2) is 8.15. The first kappa shape index (κ1) is 19.8. The van der Waals surface area contributed by atoms with E-state index in [0.29, 0.717) is 13.1 Å². The number of guanidine groups is 1. The van der Waals surface area contributed by atoms with Crippen molar-refractivity contribution >= 4 is 34.5 Å². The van der Waals surface area contributed by atoms with Crippen LogP contribution in [0.25, 0.3) is 0 Å². The third-order valence-electron chi connectivity index (χ3n) is 6.19. The van der Waals surface area contributed by atoms with Gasteiger partial charge in [-0.2, -0.15) is 0 Å². The number of benzene rings is 2. The maximum absolute atomic E-state index is 13.6. The normalized spacial score (nSPS) is 19.1. The molecule has 0 aromatic heterocycles. The Morgan fingerprint density at radius 2 is 1.83 bits per heavy atom. The highest BCUT2D eigenvalue weighted by Gasteiger charge is 2.41. The molecule has 2 aromatic carbocycles. The number of hydrogen-bond acceptors (Lipinski definition) is 4. The zero-order valence-electron chi connectivity index (χ0n) is 17.1. The molecule has 154 valence electrons. The van der Waals surface area contributed by atoms with Crippen LogP contribution < -0.4 is 0 Å². The van der Waals surface area contributed by atoms with Crippen LogP contribution in [0.15, 0.2) is 64.8 Å². The first-order chi connectivity index (χ1) is 14.6. The van der Waals surface area contributed by atoms with Crippen LogP contribution in [-0.4, -0.2) is 52.7 Å². The minimum absolute atomic E-state index is 0.123. The van der Waals surface area contributed by atoms with Crippen molar-refractivity contribution in [2.24, 2.45) is 4.99 Å². The summed E-state index contributed by atoms with van der Waals surface area (Å²) < 4.78 is 1.25. The highest BCUT2D eigenvalue weighted by molar-refractivity contribution is 14.1. The average Bonchev–Trinajstić information content (AvgIpc) is 3.24. The molecule has 0 unspecified atom stereocenters. The third kappa shape index (κ3) is 3.67. The van der Waals surface area contributed by atoms with Crippen molar-refractivity contribution in [2.75, 3.05) is 26.2 Å². The molecule has 0 saturated heterocycles. The summed E-state index contributed by atoms with van der Waals surface area (Å²) in [6, 6.07) is 17.0. The van der Waals surface area contributed by atoms with E-state index >= 15 is 0 Å². The van der Waals surface area contributed by atoms with Crippen LogP contribution >= 0.6 is 22.6 Å². The topological polar surface area (TPSA) is 39.2 Å². The van der Waals surface area contributed by atoms with Crippen molar-refractivity contribution in [2.45, 2.75) is 26.4 Å². The van der Waals surface area contributed by atoms with E-state index in [9.17, 15) is 4.79 Å². The zero-order chi connectivity index (χ0) is 20.7. The van der Waals surface area contributed by atoms with E-state index in [4.69, 9.17) is 4.99 Å². The number of rotatable bonds is 4. The third-order valence-corrected chi connectivity index (χ3v) is 6.91. The highest BCUT2D eigenvalue weighted by Crippen LogP contribution is 2.32. The number of hydrogen-bond donors (Lipinski definition) is 0. The number of halogens is 1. The molecule has 3 aliphatic heterocycles. The molecule has 0 N–H and O–H groups in total. The number of carbonyl (C=O) groups excluding carboxylic acids is 1. The lowest BCUT2D eigenvalue weighted by Gasteiger charge is -2.42. The Bertz CT molecular complexity index is 1040. The maximum Gasteiger partial charge on any atom is 0.259 e. The van der Waals surface area contributed by atoms with Crippen LogP contribution in [0.2, 0.25) is 0 Å². The monoisotopic (exact) mass is 512 g/mol. The Morgan fingerprint density at radius 1 is 1.03 bits per heavy atom. The number of fused-ring (bicyclic) bond motifs is 2. The zero-order valence-corrected chi connectivity index (χ0v) is 19.3. The molecule has 3 aliphatic rings. The molecule has 30 heavy (non-hydrogen) atoms. The predicted molar refractivity (Wildman–Crippen MR) is 127 cm³/mol. The van der Waals surface area contributed by atoms with Crippen molar-refractivity contribution in [1.82, 2.24) is 14.7 Å². The summed E-state index contributed by atoms with van der Waals surface area (Å²) >= 11 is 2.33. The van der Waals surface area contributed by atoms with Crippen LogP contribution in [-0.2, 0) is 17.9 Å². The largest absolute Gasteiger partial charge is 0.314 e. The fourth-order valence-corrected chi connectivity index (χ4v) is 4.92. The maximum atomic E-state index is 13.6. The van der Waals surface area contributed by atoms with Gasteiger partial charge in [-0.3, -0.25) is 19.6 Å². The van der Waals surface area contributed by atoms with Gasteiger partial charge in [0.1, 0.15) is 0 Å². The van der Waals surface area contributed by atoms with Crippen molar-refractivity contribution in [1.29, 1.82) is 0 Å². The van der Waals surface area contributed by atoms with Crippen LogP contribution in [0.5, 0.6) is 0 Å². The van der Waals surface area contributed by atoms with Crippen molar-refractivity contribution in [3.8, 4) is 0 Å². The Balaban J connectivity index is 1.40. The predicted octanol–water partition coefficient (Wildman–Crippen LogP) is 3.77.